The van der Waals surface area contributed by atoms with E-state index in [2.05, 4.69) is 15.3 Å². The summed E-state index contributed by atoms with van der Waals surface area (Å²) in [6, 6.07) is 2.90. The van der Waals surface area contributed by atoms with Crippen molar-refractivity contribution < 1.29 is 9.59 Å². The molecule has 0 radical (unpaired) electrons. The van der Waals surface area contributed by atoms with Gasteiger partial charge in [-0.2, -0.15) is 5.10 Å². The van der Waals surface area contributed by atoms with Gasteiger partial charge < -0.3 is 10.2 Å². The molecule has 2 aliphatic carbocycles. The summed E-state index contributed by atoms with van der Waals surface area (Å²) >= 11 is 0. The van der Waals surface area contributed by atoms with Crippen molar-refractivity contribution in [3.8, 4) is 0 Å². The summed E-state index contributed by atoms with van der Waals surface area (Å²) in [5, 5.41) is 7.40. The van der Waals surface area contributed by atoms with Crippen LogP contribution in [0.3, 0.4) is 0 Å². The minimum atomic E-state index is -0.0867. The number of likely N-dealkylation sites (tertiary alicyclic amines) is 1. The second-order valence-corrected chi connectivity index (χ2v) is 8.38. The summed E-state index contributed by atoms with van der Waals surface area (Å²) in [5.74, 6) is 1.01. The van der Waals surface area contributed by atoms with E-state index in [1.54, 1.807) is 0 Å². The van der Waals surface area contributed by atoms with Crippen LogP contribution in [0.1, 0.15) is 54.7 Å². The predicted molar refractivity (Wildman–Crippen MR) is 95.5 cm³/mol. The Balaban J connectivity index is 1.16. The van der Waals surface area contributed by atoms with Crippen LogP contribution in [-0.4, -0.2) is 63.1 Å². The van der Waals surface area contributed by atoms with Gasteiger partial charge in [0.2, 0.25) is 5.91 Å². The number of carbonyl (C=O) groups is 2. The van der Waals surface area contributed by atoms with Gasteiger partial charge in [-0.25, -0.2) is 0 Å². The quantitative estimate of drug-likeness (QED) is 0.853. The van der Waals surface area contributed by atoms with Crippen molar-refractivity contribution in [3.05, 3.63) is 17.5 Å². The standard InChI is InChI=1S/C19H27N5O2/c25-18(5-6-22-11-13-1-4-15(22)9-13)23-7-8-24-16(12-23)10-17(21-24)19(26)20-14-2-3-14/h10,13-15H,1-9,11-12H2,(H,20,26)/t13-,15-/m0/s1. The van der Waals surface area contributed by atoms with Gasteiger partial charge in [-0.15, -0.1) is 0 Å². The number of aromatic nitrogens is 2. The second kappa shape index (κ2) is 6.37. The van der Waals surface area contributed by atoms with Crippen LogP contribution in [0.5, 0.6) is 0 Å². The van der Waals surface area contributed by atoms with Crippen LogP contribution in [-0.2, 0) is 17.9 Å². The first kappa shape index (κ1) is 16.3. The molecule has 1 aromatic rings. The van der Waals surface area contributed by atoms with E-state index in [-0.39, 0.29) is 11.8 Å². The van der Waals surface area contributed by atoms with Crippen molar-refractivity contribution in [2.24, 2.45) is 5.92 Å². The molecule has 0 aromatic carbocycles. The molecule has 2 saturated carbocycles. The minimum absolute atomic E-state index is 0.0867. The molecule has 2 amide bonds. The number of piperidine rings is 1. The van der Waals surface area contributed by atoms with Crippen LogP contribution in [0.15, 0.2) is 6.07 Å². The van der Waals surface area contributed by atoms with Crippen LogP contribution in [0.4, 0.5) is 0 Å². The van der Waals surface area contributed by atoms with Gasteiger partial charge in [0.1, 0.15) is 0 Å². The lowest BCUT2D eigenvalue weighted by Gasteiger charge is -2.30. The molecule has 4 aliphatic rings. The lowest BCUT2D eigenvalue weighted by atomic mass is 10.1. The lowest BCUT2D eigenvalue weighted by Crippen LogP contribution is -2.41. The molecular weight excluding hydrogens is 330 g/mol. The summed E-state index contributed by atoms with van der Waals surface area (Å²) < 4.78 is 1.88. The highest BCUT2D eigenvalue weighted by Crippen LogP contribution is 2.37. The lowest BCUT2D eigenvalue weighted by molar-refractivity contribution is -0.133. The van der Waals surface area contributed by atoms with Crippen molar-refractivity contribution >= 4 is 11.8 Å². The molecule has 1 saturated heterocycles. The van der Waals surface area contributed by atoms with Crippen LogP contribution in [0, 0.1) is 5.92 Å². The van der Waals surface area contributed by atoms with Gasteiger partial charge in [0.25, 0.3) is 5.91 Å². The highest BCUT2D eigenvalue weighted by Gasteiger charge is 2.37. The SMILES string of the molecule is O=C(NC1CC1)c1cc2n(n1)CCN(C(=O)CCN1C[C@H]3CC[C@H]1C3)C2. The predicted octanol–water partition coefficient (Wildman–Crippen LogP) is 0.992. The fourth-order valence-corrected chi connectivity index (χ4v) is 4.78. The molecule has 2 bridgehead atoms. The van der Waals surface area contributed by atoms with Crippen molar-refractivity contribution in [1.29, 1.82) is 0 Å². The molecule has 140 valence electrons. The third-order valence-corrected chi connectivity index (χ3v) is 6.43. The average Bonchev–Trinajstić information content (AvgIpc) is 3.07. The van der Waals surface area contributed by atoms with Crippen LogP contribution in [0.2, 0.25) is 0 Å². The molecule has 2 aliphatic heterocycles. The maximum Gasteiger partial charge on any atom is 0.272 e. The third kappa shape index (κ3) is 3.13. The number of nitrogens with one attached hydrogen (secondary N) is 1. The number of rotatable bonds is 5. The third-order valence-electron chi connectivity index (χ3n) is 6.43. The number of carbonyl (C=O) groups excluding carboxylic acids is 2. The van der Waals surface area contributed by atoms with E-state index in [1.165, 1.54) is 25.8 Å². The fraction of sp³-hybridized carbons (Fsp3) is 0.737. The summed E-state index contributed by atoms with van der Waals surface area (Å²) in [7, 11) is 0. The Morgan fingerprint density at radius 1 is 1.19 bits per heavy atom. The van der Waals surface area contributed by atoms with Crippen molar-refractivity contribution in [3.63, 3.8) is 0 Å². The number of amides is 2. The Hall–Kier alpha value is -1.89. The second-order valence-electron chi connectivity index (χ2n) is 8.38. The normalized spacial score (nSPS) is 27.6. The molecular formula is C19H27N5O2. The fourth-order valence-electron chi connectivity index (χ4n) is 4.78. The molecule has 0 unspecified atom stereocenters. The average molecular weight is 357 g/mol. The van der Waals surface area contributed by atoms with Gasteiger partial charge in [0.05, 0.1) is 18.8 Å². The van der Waals surface area contributed by atoms with Crippen LogP contribution in [0.25, 0.3) is 0 Å². The Morgan fingerprint density at radius 2 is 2.08 bits per heavy atom. The zero-order valence-corrected chi connectivity index (χ0v) is 15.2. The number of hydrogen-bond acceptors (Lipinski definition) is 4. The minimum Gasteiger partial charge on any atom is -0.348 e. The van der Waals surface area contributed by atoms with E-state index in [4.69, 9.17) is 0 Å². The molecule has 1 aromatic heterocycles. The van der Waals surface area contributed by atoms with E-state index in [1.807, 2.05) is 15.6 Å². The molecule has 1 N–H and O–H groups in total. The first-order valence-corrected chi connectivity index (χ1v) is 10.0. The molecule has 2 atom stereocenters. The van der Waals surface area contributed by atoms with Gasteiger partial charge in [0, 0.05) is 38.1 Å². The largest absolute Gasteiger partial charge is 0.348 e. The van der Waals surface area contributed by atoms with Gasteiger partial charge in [0.15, 0.2) is 5.69 Å². The Labute approximate surface area is 153 Å². The van der Waals surface area contributed by atoms with E-state index in [0.29, 0.717) is 37.8 Å². The van der Waals surface area contributed by atoms with Crippen LogP contribution < -0.4 is 5.32 Å². The smallest absolute Gasteiger partial charge is 0.272 e. The van der Waals surface area contributed by atoms with E-state index in [9.17, 15) is 9.59 Å². The number of hydrogen-bond donors (Lipinski definition) is 1. The first-order chi connectivity index (χ1) is 12.7. The number of nitrogens with zero attached hydrogens (tertiary/aromatic N) is 4. The van der Waals surface area contributed by atoms with E-state index >= 15 is 0 Å². The highest BCUT2D eigenvalue weighted by atomic mass is 16.2. The van der Waals surface area contributed by atoms with Crippen molar-refractivity contribution in [1.82, 2.24) is 24.9 Å². The Bertz CT molecular complexity index is 726. The number of fused-ring (bicyclic) bond motifs is 3. The summed E-state index contributed by atoms with van der Waals surface area (Å²) in [6.07, 6.45) is 6.77. The zero-order chi connectivity index (χ0) is 17.7. The van der Waals surface area contributed by atoms with Crippen molar-refractivity contribution in [2.45, 2.75) is 63.7 Å². The summed E-state index contributed by atoms with van der Waals surface area (Å²) in [4.78, 5) is 29.3. The molecule has 7 heteroatoms. The molecule has 3 fully saturated rings. The maximum atomic E-state index is 12.7. The van der Waals surface area contributed by atoms with E-state index in [0.717, 1.165) is 37.0 Å². The molecule has 26 heavy (non-hydrogen) atoms. The molecule has 7 nitrogen and oxygen atoms in total. The Morgan fingerprint density at radius 3 is 2.81 bits per heavy atom. The zero-order valence-electron chi connectivity index (χ0n) is 15.2. The van der Waals surface area contributed by atoms with Gasteiger partial charge >= 0.3 is 0 Å². The topological polar surface area (TPSA) is 70.5 Å². The summed E-state index contributed by atoms with van der Waals surface area (Å²) in [5.41, 5.74) is 1.44. The van der Waals surface area contributed by atoms with Gasteiger partial charge in [-0.3, -0.25) is 19.2 Å². The highest BCUT2D eigenvalue weighted by molar-refractivity contribution is 5.92. The van der Waals surface area contributed by atoms with Crippen molar-refractivity contribution in [2.75, 3.05) is 19.6 Å². The summed E-state index contributed by atoms with van der Waals surface area (Å²) in [6.45, 7) is 4.00. The monoisotopic (exact) mass is 357 g/mol. The molecule has 0 spiro atoms. The maximum absolute atomic E-state index is 12.7. The molecule has 3 heterocycles. The first-order valence-electron chi connectivity index (χ1n) is 10.0. The van der Waals surface area contributed by atoms with Crippen LogP contribution >= 0.6 is 0 Å². The van der Waals surface area contributed by atoms with Gasteiger partial charge in [-0.05, 0) is 44.1 Å². The van der Waals surface area contributed by atoms with Gasteiger partial charge in [-0.1, -0.05) is 0 Å². The van der Waals surface area contributed by atoms with E-state index < -0.39 is 0 Å². The Kier molecular flexibility index (Phi) is 3.99. The molecule has 5 rings (SSSR count).